The topological polar surface area (TPSA) is 80.9 Å². The van der Waals surface area contributed by atoms with E-state index in [-0.39, 0.29) is 6.03 Å². The van der Waals surface area contributed by atoms with Gasteiger partial charge in [-0.05, 0) is 25.0 Å². The fourth-order valence-corrected chi connectivity index (χ4v) is 2.63. The van der Waals surface area contributed by atoms with Crippen LogP contribution in [0.5, 0.6) is 0 Å². The zero-order valence-electron chi connectivity index (χ0n) is 14.8. The van der Waals surface area contributed by atoms with Gasteiger partial charge in [0.15, 0.2) is 0 Å². The summed E-state index contributed by atoms with van der Waals surface area (Å²) in [6.45, 7) is 4.71. The molecule has 0 aliphatic heterocycles. The number of urea groups is 1. The Bertz CT molecular complexity index is 798. The predicted molar refractivity (Wildman–Crippen MR) is 98.4 cm³/mol. The molecule has 2 amide bonds. The van der Waals surface area contributed by atoms with E-state index in [9.17, 15) is 4.79 Å². The molecule has 0 aromatic carbocycles. The molecular formula is C18H23N7O. The largest absolute Gasteiger partial charge is 0.337 e. The van der Waals surface area contributed by atoms with E-state index in [4.69, 9.17) is 0 Å². The van der Waals surface area contributed by atoms with Gasteiger partial charge in [0, 0.05) is 57.2 Å². The van der Waals surface area contributed by atoms with Crippen LogP contribution in [-0.2, 0) is 19.6 Å². The summed E-state index contributed by atoms with van der Waals surface area (Å²) in [5, 5.41) is 7.11. The molecule has 0 fully saturated rings. The molecule has 0 atom stereocenters. The van der Waals surface area contributed by atoms with E-state index in [1.165, 1.54) is 0 Å². The normalized spacial score (nSPS) is 10.7. The van der Waals surface area contributed by atoms with E-state index in [2.05, 4.69) is 20.4 Å². The van der Waals surface area contributed by atoms with Crippen LogP contribution in [-0.4, -0.2) is 41.8 Å². The maximum atomic E-state index is 12.7. The van der Waals surface area contributed by atoms with Crippen molar-refractivity contribution >= 4 is 11.7 Å². The molecule has 136 valence electrons. The number of nitrogens with zero attached hydrogens (tertiary/aromatic N) is 6. The lowest BCUT2D eigenvalue weighted by Gasteiger charge is -2.23. The molecular weight excluding hydrogens is 330 g/mol. The number of nitrogens with one attached hydrogen (secondary N) is 1. The average Bonchev–Trinajstić information content (AvgIpc) is 3.33. The van der Waals surface area contributed by atoms with Gasteiger partial charge >= 0.3 is 6.03 Å². The number of rotatable bonds is 8. The van der Waals surface area contributed by atoms with Crippen molar-refractivity contribution in [2.45, 2.75) is 33.0 Å². The Labute approximate surface area is 152 Å². The zero-order valence-corrected chi connectivity index (χ0v) is 14.8. The highest BCUT2D eigenvalue weighted by molar-refractivity contribution is 5.88. The van der Waals surface area contributed by atoms with E-state index < -0.39 is 0 Å². The smallest absolute Gasteiger partial charge is 0.322 e. The molecule has 26 heavy (non-hydrogen) atoms. The average molecular weight is 353 g/mol. The van der Waals surface area contributed by atoms with Crippen LogP contribution in [0.25, 0.3) is 0 Å². The van der Waals surface area contributed by atoms with Crippen LogP contribution in [0.4, 0.5) is 10.5 Å². The number of carbonyl (C=O) groups is 1. The summed E-state index contributed by atoms with van der Waals surface area (Å²) in [5.74, 6) is 0. The van der Waals surface area contributed by atoms with E-state index in [0.29, 0.717) is 18.8 Å². The third-order valence-electron chi connectivity index (χ3n) is 4.00. The Hall–Kier alpha value is -3.16. The highest BCUT2D eigenvalue weighted by atomic mass is 16.2. The maximum absolute atomic E-state index is 12.7. The lowest BCUT2D eigenvalue weighted by molar-refractivity contribution is 0.207. The van der Waals surface area contributed by atoms with Gasteiger partial charge in [0.2, 0.25) is 0 Å². The number of aromatic nitrogens is 5. The Kier molecular flexibility index (Phi) is 5.97. The molecule has 8 heteroatoms. The van der Waals surface area contributed by atoms with Crippen molar-refractivity contribution in [1.82, 2.24) is 29.2 Å². The molecule has 0 saturated carbocycles. The number of aryl methyl sites for hydroxylation is 2. The Morgan fingerprint density at radius 1 is 1.27 bits per heavy atom. The number of pyridine rings is 1. The summed E-state index contributed by atoms with van der Waals surface area (Å²) < 4.78 is 3.78. The van der Waals surface area contributed by atoms with Gasteiger partial charge in [0.1, 0.15) is 0 Å². The third-order valence-corrected chi connectivity index (χ3v) is 4.00. The van der Waals surface area contributed by atoms with E-state index in [1.807, 2.05) is 36.0 Å². The summed E-state index contributed by atoms with van der Waals surface area (Å²) in [5.41, 5.74) is 1.69. The van der Waals surface area contributed by atoms with Gasteiger partial charge < -0.3 is 14.8 Å². The molecule has 0 spiro atoms. The zero-order chi connectivity index (χ0) is 18.2. The summed E-state index contributed by atoms with van der Waals surface area (Å²) in [7, 11) is 0. The van der Waals surface area contributed by atoms with Crippen molar-refractivity contribution in [3.63, 3.8) is 0 Å². The van der Waals surface area contributed by atoms with Gasteiger partial charge in [-0.25, -0.2) is 9.78 Å². The van der Waals surface area contributed by atoms with Gasteiger partial charge in [-0.1, -0.05) is 6.07 Å². The number of carbonyl (C=O) groups excluding carboxylic acids is 1. The van der Waals surface area contributed by atoms with Crippen LogP contribution < -0.4 is 5.32 Å². The van der Waals surface area contributed by atoms with Crippen molar-refractivity contribution in [3.8, 4) is 0 Å². The summed E-state index contributed by atoms with van der Waals surface area (Å²) in [4.78, 5) is 22.7. The van der Waals surface area contributed by atoms with E-state index in [1.54, 1.807) is 40.7 Å². The van der Waals surface area contributed by atoms with Gasteiger partial charge in [0.25, 0.3) is 0 Å². The second kappa shape index (κ2) is 8.80. The number of anilines is 1. The van der Waals surface area contributed by atoms with Crippen molar-refractivity contribution in [3.05, 3.63) is 61.2 Å². The maximum Gasteiger partial charge on any atom is 0.322 e. The van der Waals surface area contributed by atoms with Gasteiger partial charge in [-0.2, -0.15) is 5.10 Å². The number of imidazole rings is 1. The minimum atomic E-state index is -0.143. The molecule has 8 nitrogen and oxygen atoms in total. The van der Waals surface area contributed by atoms with Gasteiger partial charge in [-0.3, -0.25) is 9.67 Å². The minimum absolute atomic E-state index is 0.143. The standard InChI is InChI=1S/C18H23N7O/c1-2-25-14-17(12-21-25)22-18(26)24(13-16-5-3-6-19-11-16)9-4-8-23-10-7-20-15-23/h3,5-7,10-12,14-15H,2,4,8-9,13H2,1H3,(H,22,26). The van der Waals surface area contributed by atoms with Crippen LogP contribution in [0.15, 0.2) is 55.6 Å². The Morgan fingerprint density at radius 3 is 2.88 bits per heavy atom. The lowest BCUT2D eigenvalue weighted by atomic mass is 10.2. The number of hydrogen-bond donors (Lipinski definition) is 1. The first-order valence-electron chi connectivity index (χ1n) is 8.67. The Balaban J connectivity index is 1.63. The monoisotopic (exact) mass is 353 g/mol. The second-order valence-corrected chi connectivity index (χ2v) is 5.95. The van der Waals surface area contributed by atoms with Crippen molar-refractivity contribution < 1.29 is 4.79 Å². The van der Waals surface area contributed by atoms with Crippen molar-refractivity contribution in [2.75, 3.05) is 11.9 Å². The molecule has 3 aromatic heterocycles. The SMILES string of the molecule is CCn1cc(NC(=O)N(CCCn2ccnc2)Cc2cccnc2)cn1. The van der Waals surface area contributed by atoms with Crippen LogP contribution >= 0.6 is 0 Å². The van der Waals surface area contributed by atoms with Gasteiger partial charge in [0.05, 0.1) is 18.2 Å². The summed E-state index contributed by atoms with van der Waals surface area (Å²) in [6.07, 6.45) is 13.3. The first-order valence-corrected chi connectivity index (χ1v) is 8.67. The summed E-state index contributed by atoms with van der Waals surface area (Å²) in [6, 6.07) is 3.70. The lowest BCUT2D eigenvalue weighted by Crippen LogP contribution is -2.35. The fourth-order valence-electron chi connectivity index (χ4n) is 2.63. The van der Waals surface area contributed by atoms with E-state index in [0.717, 1.165) is 25.1 Å². The van der Waals surface area contributed by atoms with Gasteiger partial charge in [-0.15, -0.1) is 0 Å². The molecule has 3 heterocycles. The highest BCUT2D eigenvalue weighted by Gasteiger charge is 2.15. The van der Waals surface area contributed by atoms with Crippen LogP contribution in [0, 0.1) is 0 Å². The molecule has 0 aliphatic carbocycles. The van der Waals surface area contributed by atoms with E-state index >= 15 is 0 Å². The summed E-state index contributed by atoms with van der Waals surface area (Å²) >= 11 is 0. The quantitative estimate of drug-likeness (QED) is 0.675. The van der Waals surface area contributed by atoms with Crippen molar-refractivity contribution in [1.29, 1.82) is 0 Å². The fraction of sp³-hybridized carbons (Fsp3) is 0.333. The van der Waals surface area contributed by atoms with Crippen LogP contribution in [0.1, 0.15) is 18.9 Å². The first-order chi connectivity index (χ1) is 12.7. The second-order valence-electron chi connectivity index (χ2n) is 5.95. The molecule has 0 aliphatic rings. The molecule has 0 radical (unpaired) electrons. The highest BCUT2D eigenvalue weighted by Crippen LogP contribution is 2.10. The number of hydrogen-bond acceptors (Lipinski definition) is 4. The Morgan fingerprint density at radius 2 is 2.19 bits per heavy atom. The molecule has 3 rings (SSSR count). The third kappa shape index (κ3) is 4.92. The molecule has 0 saturated heterocycles. The van der Waals surface area contributed by atoms with Crippen LogP contribution in [0.3, 0.4) is 0 Å². The first kappa shape index (κ1) is 17.7. The molecule has 0 unspecified atom stereocenters. The number of amides is 2. The molecule has 1 N–H and O–H groups in total. The molecule has 3 aromatic rings. The molecule has 0 bridgehead atoms. The minimum Gasteiger partial charge on any atom is -0.337 e. The predicted octanol–water partition coefficient (Wildman–Crippen LogP) is 2.62. The van der Waals surface area contributed by atoms with Crippen LogP contribution in [0.2, 0.25) is 0 Å². The van der Waals surface area contributed by atoms with Crippen molar-refractivity contribution in [2.24, 2.45) is 0 Å².